The molecule has 1 heterocycles. The minimum Gasteiger partial charge on any atom is -0.397 e. The van der Waals surface area contributed by atoms with E-state index in [0.29, 0.717) is 10.9 Å². The van der Waals surface area contributed by atoms with Gasteiger partial charge in [-0.25, -0.2) is 0 Å². The van der Waals surface area contributed by atoms with E-state index in [1.165, 1.54) is 30.5 Å². The third kappa shape index (κ3) is 3.26. The van der Waals surface area contributed by atoms with Gasteiger partial charge in [0.1, 0.15) is 0 Å². The van der Waals surface area contributed by atoms with Crippen LogP contribution in [0.15, 0.2) is 54.7 Å². The number of hydrazine groups is 1. The Morgan fingerprint density at radius 3 is 2.35 bits per heavy atom. The number of benzene rings is 2. The highest BCUT2D eigenvalue weighted by molar-refractivity contribution is 6.07. The van der Waals surface area contributed by atoms with E-state index in [1.807, 2.05) is 0 Å². The summed E-state index contributed by atoms with van der Waals surface area (Å²) in [4.78, 5) is 38.5. The van der Waals surface area contributed by atoms with Gasteiger partial charge >= 0.3 is 0 Å². The first kappa shape index (κ1) is 16.8. The van der Waals surface area contributed by atoms with Crippen molar-refractivity contribution in [1.29, 1.82) is 0 Å². The number of nitro benzene ring substituents is 1. The van der Waals surface area contributed by atoms with Gasteiger partial charge in [0.05, 0.1) is 21.7 Å². The zero-order valence-electron chi connectivity index (χ0n) is 13.3. The van der Waals surface area contributed by atoms with Crippen LogP contribution in [-0.4, -0.2) is 21.7 Å². The van der Waals surface area contributed by atoms with Gasteiger partial charge in [0.25, 0.3) is 17.5 Å². The van der Waals surface area contributed by atoms with E-state index in [-0.39, 0.29) is 22.5 Å². The fraction of sp³-hybridized carbons (Fsp3) is 0. The first-order chi connectivity index (χ1) is 12.5. The van der Waals surface area contributed by atoms with Crippen molar-refractivity contribution in [2.24, 2.45) is 0 Å². The topological polar surface area (TPSA) is 140 Å². The molecule has 9 nitrogen and oxygen atoms in total. The Kier molecular flexibility index (Phi) is 4.44. The molecule has 3 rings (SSSR count). The van der Waals surface area contributed by atoms with Crippen LogP contribution in [0, 0.1) is 10.1 Å². The first-order valence-electron chi connectivity index (χ1n) is 7.45. The van der Waals surface area contributed by atoms with Crippen LogP contribution in [0.3, 0.4) is 0 Å². The van der Waals surface area contributed by atoms with E-state index in [0.717, 1.165) is 0 Å². The van der Waals surface area contributed by atoms with Gasteiger partial charge in [-0.2, -0.15) is 0 Å². The molecule has 1 aromatic heterocycles. The smallest absolute Gasteiger partial charge is 0.273 e. The molecule has 130 valence electrons. The number of carbonyl (C=O) groups excluding carboxylic acids is 2. The number of fused-ring (bicyclic) bond motifs is 1. The van der Waals surface area contributed by atoms with Crippen LogP contribution < -0.4 is 16.6 Å². The summed E-state index contributed by atoms with van der Waals surface area (Å²) >= 11 is 0. The maximum absolute atomic E-state index is 12.3. The molecule has 0 unspecified atom stereocenters. The molecular weight excluding hydrogens is 338 g/mol. The molecule has 2 amide bonds. The van der Waals surface area contributed by atoms with Crippen LogP contribution in [0.5, 0.6) is 0 Å². The summed E-state index contributed by atoms with van der Waals surface area (Å²) in [5.74, 6) is -1.25. The zero-order valence-corrected chi connectivity index (χ0v) is 13.3. The third-order valence-electron chi connectivity index (χ3n) is 3.69. The second-order valence-corrected chi connectivity index (χ2v) is 5.31. The summed E-state index contributed by atoms with van der Waals surface area (Å²) in [5.41, 5.74) is 11.5. The lowest BCUT2D eigenvalue weighted by Gasteiger charge is -2.10. The van der Waals surface area contributed by atoms with Gasteiger partial charge in [0.15, 0.2) is 0 Å². The number of nitrogens with two attached hydrogens (primary N) is 1. The van der Waals surface area contributed by atoms with Crippen LogP contribution in [0.25, 0.3) is 10.9 Å². The maximum Gasteiger partial charge on any atom is 0.273 e. The molecule has 0 aliphatic heterocycles. The number of aromatic nitrogens is 1. The number of non-ortho nitro benzene ring substituents is 1. The second kappa shape index (κ2) is 6.85. The lowest BCUT2D eigenvalue weighted by molar-refractivity contribution is -0.384. The van der Waals surface area contributed by atoms with Gasteiger partial charge in [-0.15, -0.1) is 0 Å². The number of nitro groups is 1. The highest BCUT2D eigenvalue weighted by Gasteiger charge is 2.15. The SMILES string of the molecule is Nc1c(C(=O)NNC(=O)c2ccc([N+](=O)[O-])cc2)cnc2ccccc12. The molecule has 0 bridgehead atoms. The Morgan fingerprint density at radius 1 is 1.00 bits per heavy atom. The molecule has 0 saturated heterocycles. The highest BCUT2D eigenvalue weighted by Crippen LogP contribution is 2.22. The molecule has 9 heteroatoms. The number of anilines is 1. The van der Waals surface area contributed by atoms with E-state index < -0.39 is 16.7 Å². The molecular formula is C17H13N5O4. The van der Waals surface area contributed by atoms with E-state index in [4.69, 9.17) is 5.73 Å². The number of nitrogens with zero attached hydrogens (tertiary/aromatic N) is 2. The highest BCUT2D eigenvalue weighted by atomic mass is 16.6. The minimum atomic E-state index is -0.629. The van der Waals surface area contributed by atoms with Gasteiger partial charge in [0.2, 0.25) is 0 Å². The van der Waals surface area contributed by atoms with E-state index in [2.05, 4.69) is 15.8 Å². The van der Waals surface area contributed by atoms with Crippen molar-refractivity contribution in [3.8, 4) is 0 Å². The summed E-state index contributed by atoms with van der Waals surface area (Å²) in [6.45, 7) is 0. The molecule has 0 spiro atoms. The van der Waals surface area contributed by atoms with Gasteiger partial charge < -0.3 is 5.73 Å². The summed E-state index contributed by atoms with van der Waals surface area (Å²) in [7, 11) is 0. The fourth-order valence-corrected chi connectivity index (χ4v) is 2.33. The van der Waals surface area contributed by atoms with Crippen LogP contribution in [-0.2, 0) is 0 Å². The maximum atomic E-state index is 12.3. The van der Waals surface area contributed by atoms with Crippen molar-refractivity contribution in [2.45, 2.75) is 0 Å². The van der Waals surface area contributed by atoms with Gasteiger partial charge in [-0.1, -0.05) is 18.2 Å². The normalized spacial score (nSPS) is 10.3. The van der Waals surface area contributed by atoms with E-state index >= 15 is 0 Å². The summed E-state index contributed by atoms with van der Waals surface area (Å²) < 4.78 is 0. The average Bonchev–Trinajstić information content (AvgIpc) is 2.66. The molecule has 0 saturated carbocycles. The van der Waals surface area contributed by atoms with Gasteiger partial charge in [0, 0.05) is 29.3 Å². The largest absolute Gasteiger partial charge is 0.397 e. The number of rotatable bonds is 3. The second-order valence-electron chi connectivity index (χ2n) is 5.31. The molecule has 3 aromatic rings. The standard InChI is InChI=1S/C17H13N5O4/c18-15-12-3-1-2-4-14(12)19-9-13(15)17(24)21-20-16(23)10-5-7-11(8-6-10)22(25)26/h1-9H,(H2,18,19)(H,20,23)(H,21,24). The number of pyridine rings is 1. The van der Waals surface area contributed by atoms with Gasteiger partial charge in [-0.05, 0) is 18.2 Å². The van der Waals surface area contributed by atoms with Crippen LogP contribution in [0.1, 0.15) is 20.7 Å². The monoisotopic (exact) mass is 351 g/mol. The van der Waals surface area contributed by atoms with Crippen LogP contribution in [0.4, 0.5) is 11.4 Å². The Hall–Kier alpha value is -4.01. The van der Waals surface area contributed by atoms with E-state index in [9.17, 15) is 19.7 Å². The molecule has 2 aromatic carbocycles. The predicted octanol–water partition coefficient (Wildman–Crippen LogP) is 1.80. The average molecular weight is 351 g/mol. The molecule has 0 aliphatic carbocycles. The number of carbonyl (C=O) groups is 2. The van der Waals surface area contributed by atoms with Gasteiger partial charge in [-0.3, -0.25) is 35.5 Å². The van der Waals surface area contributed by atoms with Crippen molar-refractivity contribution in [3.63, 3.8) is 0 Å². The van der Waals surface area contributed by atoms with Crippen LogP contribution >= 0.6 is 0 Å². The number of nitrogen functional groups attached to an aromatic ring is 1. The van der Waals surface area contributed by atoms with E-state index in [1.54, 1.807) is 24.3 Å². The molecule has 26 heavy (non-hydrogen) atoms. The van der Waals surface area contributed by atoms with Crippen molar-refractivity contribution >= 4 is 34.1 Å². The summed E-state index contributed by atoms with van der Waals surface area (Å²) in [6, 6.07) is 12.0. The Morgan fingerprint density at radius 2 is 1.65 bits per heavy atom. The lowest BCUT2D eigenvalue weighted by Crippen LogP contribution is -2.41. The molecule has 0 atom stereocenters. The minimum absolute atomic E-state index is 0.118. The lowest BCUT2D eigenvalue weighted by atomic mass is 10.1. The predicted molar refractivity (Wildman–Crippen MR) is 94.2 cm³/mol. The molecule has 4 N–H and O–H groups in total. The van der Waals surface area contributed by atoms with Crippen molar-refractivity contribution in [2.75, 3.05) is 5.73 Å². The summed E-state index contributed by atoms with van der Waals surface area (Å²) in [5, 5.41) is 11.2. The van der Waals surface area contributed by atoms with Crippen molar-refractivity contribution in [3.05, 3.63) is 76.0 Å². The molecule has 0 radical (unpaired) electrons. The first-order valence-corrected chi connectivity index (χ1v) is 7.45. The van der Waals surface area contributed by atoms with Crippen LogP contribution in [0.2, 0.25) is 0 Å². The Balaban J connectivity index is 1.71. The van der Waals surface area contributed by atoms with Crippen molar-refractivity contribution in [1.82, 2.24) is 15.8 Å². The number of para-hydroxylation sites is 1. The fourth-order valence-electron chi connectivity index (χ4n) is 2.33. The Bertz CT molecular complexity index is 1020. The number of hydrogen-bond acceptors (Lipinski definition) is 6. The number of amides is 2. The summed E-state index contributed by atoms with van der Waals surface area (Å²) in [6.07, 6.45) is 1.32. The quantitative estimate of drug-likeness (QED) is 0.485. The Labute approximate surface area is 147 Å². The molecule has 0 aliphatic rings. The number of hydrogen-bond donors (Lipinski definition) is 3. The zero-order chi connectivity index (χ0) is 18.7. The van der Waals surface area contributed by atoms with Crippen molar-refractivity contribution < 1.29 is 14.5 Å². The third-order valence-corrected chi connectivity index (χ3v) is 3.69. The number of nitrogens with one attached hydrogen (secondary N) is 2. The molecule has 0 fully saturated rings.